The summed E-state index contributed by atoms with van der Waals surface area (Å²) in [7, 11) is 1.29. The number of hydrogen-bond acceptors (Lipinski definition) is 7. The molecule has 1 saturated heterocycles. The molecule has 1 aliphatic heterocycles. The minimum atomic E-state index is -0.995. The van der Waals surface area contributed by atoms with Gasteiger partial charge in [0.25, 0.3) is 0 Å². The van der Waals surface area contributed by atoms with Gasteiger partial charge in [-0.15, -0.1) is 0 Å². The molecule has 1 spiro atoms. The first-order valence-electron chi connectivity index (χ1n) is 9.51. The number of ether oxygens (including phenoxy) is 2. The van der Waals surface area contributed by atoms with Crippen LogP contribution in [0.15, 0.2) is 12.3 Å². The Bertz CT molecular complexity index is 566. The summed E-state index contributed by atoms with van der Waals surface area (Å²) in [5.74, 6) is -2.73. The summed E-state index contributed by atoms with van der Waals surface area (Å²) < 4.78 is 10.7. The van der Waals surface area contributed by atoms with E-state index in [1.165, 1.54) is 7.11 Å². The number of aliphatic hydroxyl groups is 1. The average molecular weight is 385 g/mol. The minimum Gasteiger partial charge on any atom is -0.469 e. The molecular weight excluding hydrogens is 354 g/mol. The highest BCUT2D eigenvalue weighted by atomic mass is 17.3. The van der Waals surface area contributed by atoms with Crippen molar-refractivity contribution >= 4 is 11.9 Å². The van der Waals surface area contributed by atoms with E-state index in [0.29, 0.717) is 25.0 Å². The molecule has 2 fully saturated rings. The third kappa shape index (κ3) is 5.75. The van der Waals surface area contributed by atoms with Gasteiger partial charge < -0.3 is 19.9 Å². The van der Waals surface area contributed by atoms with Gasteiger partial charge in [0.1, 0.15) is 0 Å². The number of carbonyl (C=O) groups is 2. The molecule has 8 nitrogen and oxygen atoms in total. The molecule has 2 aliphatic rings. The van der Waals surface area contributed by atoms with Gasteiger partial charge in [-0.25, -0.2) is 0 Å². The Kier molecular flexibility index (Phi) is 7.39. The van der Waals surface area contributed by atoms with E-state index in [4.69, 9.17) is 14.5 Å². The number of carbonyl (C=O) groups excluding carboxylic acids is 2. The van der Waals surface area contributed by atoms with E-state index in [1.54, 1.807) is 0 Å². The van der Waals surface area contributed by atoms with Crippen molar-refractivity contribution in [1.82, 2.24) is 5.32 Å². The summed E-state index contributed by atoms with van der Waals surface area (Å²) in [4.78, 5) is 34.2. The monoisotopic (exact) mass is 385 g/mol. The van der Waals surface area contributed by atoms with Gasteiger partial charge in [-0.05, 0) is 32.6 Å². The second-order valence-electron chi connectivity index (χ2n) is 7.48. The molecule has 0 bridgehead atoms. The van der Waals surface area contributed by atoms with E-state index < -0.39 is 23.6 Å². The number of rotatable bonds is 8. The van der Waals surface area contributed by atoms with Crippen molar-refractivity contribution < 1.29 is 33.9 Å². The summed E-state index contributed by atoms with van der Waals surface area (Å²) in [5.41, 5.74) is 0.523. The second kappa shape index (κ2) is 9.14. The minimum absolute atomic E-state index is 0.0233. The predicted octanol–water partition coefficient (Wildman–Crippen LogP) is 2.31. The molecule has 2 N–H and O–H groups in total. The van der Waals surface area contributed by atoms with Crippen LogP contribution in [-0.4, -0.2) is 41.8 Å². The first-order valence-corrected chi connectivity index (χ1v) is 9.51. The molecule has 4 atom stereocenters. The largest absolute Gasteiger partial charge is 0.469 e. The lowest BCUT2D eigenvalue weighted by atomic mass is 9.89. The number of amides is 1. The van der Waals surface area contributed by atoms with Crippen LogP contribution in [0.25, 0.3) is 0 Å². The topological polar surface area (TPSA) is 103 Å². The summed E-state index contributed by atoms with van der Waals surface area (Å²) in [6, 6.07) is 0. The standard InChI is InChI=1S/C19H31NO7/c1-5-14(11-13(2)20-16(22)8-9-17(23)24-4)18(3)25-19(27-26-18)10-6-7-15(21)12-19/h14-15,21H,2,5-12H2,1,3-4H3,(H,20,22)/t14?,15?,18-,19-/m1/s1. The van der Waals surface area contributed by atoms with Crippen LogP contribution < -0.4 is 5.32 Å². The van der Waals surface area contributed by atoms with Crippen molar-refractivity contribution in [1.29, 1.82) is 0 Å². The number of aliphatic hydroxyl groups excluding tert-OH is 1. The third-order valence-electron chi connectivity index (χ3n) is 5.22. The molecule has 154 valence electrons. The molecule has 0 aromatic heterocycles. The Morgan fingerprint density at radius 2 is 2.11 bits per heavy atom. The number of methoxy groups -OCH3 is 1. The van der Waals surface area contributed by atoms with Gasteiger partial charge in [-0.3, -0.25) is 9.59 Å². The Labute approximate surface area is 160 Å². The summed E-state index contributed by atoms with van der Waals surface area (Å²) in [5, 5.41) is 12.7. The summed E-state index contributed by atoms with van der Waals surface area (Å²) in [6.45, 7) is 7.71. The van der Waals surface area contributed by atoms with Crippen molar-refractivity contribution in [3.8, 4) is 0 Å². The van der Waals surface area contributed by atoms with Crippen LogP contribution in [0.1, 0.15) is 65.2 Å². The zero-order valence-corrected chi connectivity index (χ0v) is 16.4. The van der Waals surface area contributed by atoms with E-state index in [9.17, 15) is 14.7 Å². The quantitative estimate of drug-likeness (QED) is 0.488. The maximum atomic E-state index is 11.9. The van der Waals surface area contributed by atoms with Crippen molar-refractivity contribution in [3.63, 3.8) is 0 Å². The van der Waals surface area contributed by atoms with Gasteiger partial charge in [-0.1, -0.05) is 13.5 Å². The fraction of sp³-hybridized carbons (Fsp3) is 0.789. The lowest BCUT2D eigenvalue weighted by molar-refractivity contribution is -0.361. The zero-order chi connectivity index (χ0) is 20.1. The smallest absolute Gasteiger partial charge is 0.306 e. The fourth-order valence-corrected chi connectivity index (χ4v) is 3.68. The normalized spacial score (nSPS) is 31.5. The molecule has 1 aliphatic carbocycles. The van der Waals surface area contributed by atoms with Crippen LogP contribution in [0.5, 0.6) is 0 Å². The number of esters is 1. The number of hydrogen-bond donors (Lipinski definition) is 2. The van der Waals surface area contributed by atoms with Crippen LogP contribution in [0, 0.1) is 5.92 Å². The van der Waals surface area contributed by atoms with Crippen molar-refractivity contribution in [2.24, 2.45) is 5.92 Å². The van der Waals surface area contributed by atoms with Crippen molar-refractivity contribution in [2.75, 3.05) is 7.11 Å². The number of nitrogens with one attached hydrogen (secondary N) is 1. The van der Waals surface area contributed by atoms with Gasteiger partial charge >= 0.3 is 5.97 Å². The van der Waals surface area contributed by atoms with Crippen LogP contribution >= 0.6 is 0 Å². The highest BCUT2D eigenvalue weighted by molar-refractivity contribution is 5.82. The molecule has 27 heavy (non-hydrogen) atoms. The molecule has 1 heterocycles. The first kappa shape index (κ1) is 21.8. The lowest BCUT2D eigenvalue weighted by Crippen LogP contribution is -2.44. The molecule has 0 aromatic rings. The van der Waals surface area contributed by atoms with E-state index in [0.717, 1.165) is 19.3 Å². The SMILES string of the molecule is C=C(CC(CC)[C@@]1(C)OO[C@@]2(CCCC(O)C2)O1)NC(=O)CCC(=O)OC. The molecule has 1 saturated carbocycles. The number of allylic oxidation sites excluding steroid dienone is 1. The lowest BCUT2D eigenvalue weighted by Gasteiger charge is -2.35. The summed E-state index contributed by atoms with van der Waals surface area (Å²) in [6.07, 6.45) is 3.34. The molecule has 2 unspecified atom stereocenters. The Balaban J connectivity index is 1.89. The molecule has 0 radical (unpaired) electrons. The van der Waals surface area contributed by atoms with E-state index >= 15 is 0 Å². The van der Waals surface area contributed by atoms with E-state index in [1.807, 2.05) is 13.8 Å². The Hall–Kier alpha value is -1.48. The maximum absolute atomic E-state index is 11.9. The third-order valence-corrected chi connectivity index (χ3v) is 5.22. The van der Waals surface area contributed by atoms with Gasteiger partial charge in [0.15, 0.2) is 0 Å². The van der Waals surface area contributed by atoms with Gasteiger partial charge in [0.05, 0.1) is 19.6 Å². The van der Waals surface area contributed by atoms with Crippen molar-refractivity contribution in [2.45, 2.75) is 82.9 Å². The van der Waals surface area contributed by atoms with Gasteiger partial charge in [-0.2, -0.15) is 9.78 Å². The van der Waals surface area contributed by atoms with Gasteiger partial charge in [0.2, 0.25) is 17.5 Å². The Morgan fingerprint density at radius 1 is 1.37 bits per heavy atom. The fourth-order valence-electron chi connectivity index (χ4n) is 3.68. The van der Waals surface area contributed by atoms with Crippen LogP contribution in [0.4, 0.5) is 0 Å². The molecule has 8 heteroatoms. The summed E-state index contributed by atoms with van der Waals surface area (Å²) >= 11 is 0. The molecular formula is C19H31NO7. The van der Waals surface area contributed by atoms with Crippen LogP contribution in [0.2, 0.25) is 0 Å². The van der Waals surface area contributed by atoms with Gasteiger partial charge in [0, 0.05) is 30.9 Å². The molecule has 2 rings (SSSR count). The van der Waals surface area contributed by atoms with E-state index in [2.05, 4.69) is 16.6 Å². The second-order valence-corrected chi connectivity index (χ2v) is 7.48. The van der Waals surface area contributed by atoms with Crippen LogP contribution in [0.3, 0.4) is 0 Å². The highest BCUT2D eigenvalue weighted by Gasteiger charge is 2.55. The maximum Gasteiger partial charge on any atom is 0.306 e. The predicted molar refractivity (Wildman–Crippen MR) is 95.8 cm³/mol. The molecule has 0 aromatic carbocycles. The average Bonchev–Trinajstić information content (AvgIpc) is 2.94. The zero-order valence-electron chi connectivity index (χ0n) is 16.4. The highest BCUT2D eigenvalue weighted by Crippen LogP contribution is 2.47. The molecule has 1 amide bonds. The Morgan fingerprint density at radius 3 is 2.74 bits per heavy atom. The van der Waals surface area contributed by atoms with Crippen molar-refractivity contribution in [3.05, 3.63) is 12.3 Å². The van der Waals surface area contributed by atoms with E-state index in [-0.39, 0.29) is 24.7 Å². The first-order chi connectivity index (χ1) is 12.7. The van der Waals surface area contributed by atoms with Crippen LogP contribution in [-0.2, 0) is 28.8 Å².